The number of carbonyl (C=O) groups is 1. The molecule has 5 nitrogen and oxygen atoms in total. The highest BCUT2D eigenvalue weighted by Gasteiger charge is 2.17. The van der Waals surface area contributed by atoms with Crippen molar-refractivity contribution >= 4 is 48.9 Å². The highest BCUT2D eigenvalue weighted by Crippen LogP contribution is 2.22. The van der Waals surface area contributed by atoms with Gasteiger partial charge in [-0.05, 0) is 61.4 Å². The second kappa shape index (κ2) is 8.65. The van der Waals surface area contributed by atoms with Crippen LogP contribution in [-0.2, 0) is 21.2 Å². The molecular formula is C21H21ClN2O3S2. The van der Waals surface area contributed by atoms with E-state index in [-0.39, 0.29) is 17.1 Å². The van der Waals surface area contributed by atoms with Crippen LogP contribution < -0.4 is 4.80 Å². The predicted molar refractivity (Wildman–Crippen MR) is 118 cm³/mol. The van der Waals surface area contributed by atoms with Crippen LogP contribution in [0.2, 0.25) is 5.02 Å². The number of allylic oxidation sites excluding steroid dienone is 1. The fourth-order valence-electron chi connectivity index (χ4n) is 2.86. The van der Waals surface area contributed by atoms with Crippen molar-refractivity contribution in [2.75, 3.05) is 5.75 Å². The van der Waals surface area contributed by atoms with Crippen LogP contribution in [0.3, 0.4) is 0 Å². The molecule has 0 aliphatic rings. The van der Waals surface area contributed by atoms with E-state index in [9.17, 15) is 13.2 Å². The Morgan fingerprint density at radius 3 is 2.52 bits per heavy atom. The number of nitrogens with zero attached hydrogens (tertiary/aromatic N) is 2. The van der Waals surface area contributed by atoms with Gasteiger partial charge < -0.3 is 4.57 Å². The van der Waals surface area contributed by atoms with Gasteiger partial charge in [0.2, 0.25) is 5.91 Å². The van der Waals surface area contributed by atoms with E-state index in [1.165, 1.54) is 35.6 Å². The molecule has 8 heteroatoms. The summed E-state index contributed by atoms with van der Waals surface area (Å²) in [7, 11) is -3.58. The fraction of sp³-hybridized carbons (Fsp3) is 0.238. The van der Waals surface area contributed by atoms with E-state index in [0.717, 1.165) is 21.3 Å². The van der Waals surface area contributed by atoms with Crippen LogP contribution >= 0.6 is 22.9 Å². The first-order chi connectivity index (χ1) is 13.7. The molecule has 0 aliphatic carbocycles. The third kappa shape index (κ3) is 4.86. The molecule has 0 N–H and O–H groups in total. The highest BCUT2D eigenvalue weighted by atomic mass is 35.5. The van der Waals surface area contributed by atoms with Crippen LogP contribution in [0.1, 0.15) is 17.5 Å². The van der Waals surface area contributed by atoms with Gasteiger partial charge in [-0.3, -0.25) is 4.79 Å². The quantitative estimate of drug-likeness (QED) is 0.523. The number of aryl methyl sites for hydroxylation is 2. The van der Waals surface area contributed by atoms with Gasteiger partial charge in [0.25, 0.3) is 0 Å². The number of rotatable bonds is 6. The Morgan fingerprint density at radius 1 is 1.21 bits per heavy atom. The van der Waals surface area contributed by atoms with Gasteiger partial charge >= 0.3 is 0 Å². The van der Waals surface area contributed by atoms with E-state index >= 15 is 0 Å². The number of hydrogen-bond donors (Lipinski definition) is 0. The Hall–Kier alpha value is -2.22. The zero-order chi connectivity index (χ0) is 21.2. The van der Waals surface area contributed by atoms with Gasteiger partial charge in [0, 0.05) is 18.0 Å². The number of carbonyl (C=O) groups excluding carboxylic acids is 1. The lowest BCUT2D eigenvalue weighted by Crippen LogP contribution is -2.17. The number of aromatic nitrogens is 1. The van der Waals surface area contributed by atoms with Gasteiger partial charge in [0.05, 0.1) is 20.9 Å². The van der Waals surface area contributed by atoms with Crippen molar-refractivity contribution in [1.82, 2.24) is 4.57 Å². The molecule has 0 unspecified atom stereocenters. The third-order valence-corrected chi connectivity index (χ3v) is 7.61. The Morgan fingerprint density at radius 2 is 1.86 bits per heavy atom. The molecule has 0 aliphatic heterocycles. The maximum atomic E-state index is 12.4. The Labute approximate surface area is 178 Å². The maximum absolute atomic E-state index is 12.4. The van der Waals surface area contributed by atoms with E-state index < -0.39 is 15.7 Å². The number of benzene rings is 2. The van der Waals surface area contributed by atoms with Crippen molar-refractivity contribution in [1.29, 1.82) is 0 Å². The average Bonchev–Trinajstić information content (AvgIpc) is 2.97. The normalized spacial score (nSPS) is 12.4. The lowest BCUT2D eigenvalue weighted by molar-refractivity contribution is -0.117. The number of thiazole rings is 1. The second-order valence-corrected chi connectivity index (χ2v) is 10.3. The van der Waals surface area contributed by atoms with Crippen LogP contribution in [0.25, 0.3) is 10.2 Å². The molecule has 1 amide bonds. The van der Waals surface area contributed by atoms with Crippen LogP contribution in [0.15, 0.2) is 58.9 Å². The molecule has 2 aromatic carbocycles. The Balaban J connectivity index is 1.88. The molecule has 1 aromatic heterocycles. The first kappa shape index (κ1) is 21.5. The molecule has 0 fully saturated rings. The molecule has 0 radical (unpaired) electrons. The van der Waals surface area contributed by atoms with Crippen molar-refractivity contribution in [2.45, 2.75) is 31.7 Å². The van der Waals surface area contributed by atoms with E-state index in [0.29, 0.717) is 16.4 Å². The topological polar surface area (TPSA) is 68.5 Å². The summed E-state index contributed by atoms with van der Waals surface area (Å²) in [5, 5.41) is 0.456. The van der Waals surface area contributed by atoms with Gasteiger partial charge in [0.15, 0.2) is 14.6 Å². The molecule has 1 heterocycles. The van der Waals surface area contributed by atoms with Gasteiger partial charge in [-0.15, -0.1) is 6.58 Å². The van der Waals surface area contributed by atoms with E-state index in [4.69, 9.17) is 11.6 Å². The minimum atomic E-state index is -3.58. The Kier molecular flexibility index (Phi) is 6.41. The minimum Gasteiger partial charge on any atom is -0.312 e. The molecule has 0 saturated heterocycles. The summed E-state index contributed by atoms with van der Waals surface area (Å²) >= 11 is 7.21. The largest absolute Gasteiger partial charge is 0.312 e. The van der Waals surface area contributed by atoms with Crippen LogP contribution in [-0.4, -0.2) is 24.6 Å². The van der Waals surface area contributed by atoms with Gasteiger partial charge in [-0.25, -0.2) is 8.42 Å². The number of halogens is 1. The Bertz CT molecular complexity index is 1250. The average molecular weight is 449 g/mol. The predicted octanol–water partition coefficient (Wildman–Crippen LogP) is 4.45. The van der Waals surface area contributed by atoms with E-state index in [1.54, 1.807) is 6.08 Å². The molecular weight excluding hydrogens is 428 g/mol. The number of sulfone groups is 1. The summed E-state index contributed by atoms with van der Waals surface area (Å²) in [6.45, 7) is 8.36. The lowest BCUT2D eigenvalue weighted by atomic mass is 10.1. The smallest absolute Gasteiger partial charge is 0.249 e. The van der Waals surface area contributed by atoms with Gasteiger partial charge in [-0.1, -0.05) is 29.0 Å². The van der Waals surface area contributed by atoms with Gasteiger partial charge in [-0.2, -0.15) is 4.99 Å². The number of amides is 1. The molecule has 0 spiro atoms. The van der Waals surface area contributed by atoms with Gasteiger partial charge in [0.1, 0.15) is 0 Å². The summed E-state index contributed by atoms with van der Waals surface area (Å²) in [5.74, 6) is -0.776. The molecule has 0 saturated carbocycles. The van der Waals surface area contributed by atoms with Crippen molar-refractivity contribution in [3.63, 3.8) is 0 Å². The van der Waals surface area contributed by atoms with Crippen LogP contribution in [0.4, 0.5) is 0 Å². The molecule has 3 rings (SSSR count). The molecule has 3 aromatic rings. The van der Waals surface area contributed by atoms with Crippen molar-refractivity contribution in [3.8, 4) is 0 Å². The zero-order valence-corrected chi connectivity index (χ0v) is 18.6. The molecule has 29 heavy (non-hydrogen) atoms. The molecule has 0 atom stereocenters. The lowest BCUT2D eigenvalue weighted by Gasteiger charge is -2.04. The number of hydrogen-bond acceptors (Lipinski definition) is 4. The summed E-state index contributed by atoms with van der Waals surface area (Å²) < 4.78 is 27.8. The number of fused-ring (bicyclic) bond motifs is 1. The minimum absolute atomic E-state index is 0.143. The van der Waals surface area contributed by atoms with Crippen LogP contribution in [0, 0.1) is 13.8 Å². The summed E-state index contributed by atoms with van der Waals surface area (Å²) in [5.41, 5.74) is 3.30. The zero-order valence-electron chi connectivity index (χ0n) is 16.2. The maximum Gasteiger partial charge on any atom is 0.249 e. The highest BCUT2D eigenvalue weighted by molar-refractivity contribution is 7.91. The van der Waals surface area contributed by atoms with Crippen molar-refractivity contribution in [3.05, 3.63) is 70.0 Å². The van der Waals surface area contributed by atoms with Crippen LogP contribution in [0.5, 0.6) is 0 Å². The van der Waals surface area contributed by atoms with E-state index in [2.05, 4.69) is 23.7 Å². The fourth-order valence-corrected chi connectivity index (χ4v) is 5.35. The third-order valence-electron chi connectivity index (χ3n) is 4.59. The first-order valence-corrected chi connectivity index (χ1v) is 11.8. The summed E-state index contributed by atoms with van der Waals surface area (Å²) in [4.78, 5) is 17.3. The first-order valence-electron chi connectivity index (χ1n) is 8.98. The van der Waals surface area contributed by atoms with Crippen molar-refractivity contribution < 1.29 is 13.2 Å². The SMILES string of the molecule is C=CCn1c(=NC(=O)CCS(=O)(=O)c2ccc(Cl)cc2)sc2cc(C)c(C)cc21. The molecule has 0 bridgehead atoms. The standard InChI is InChI=1S/C21H21ClN2O3S2/c1-4-10-24-18-12-14(2)15(3)13-19(18)28-21(24)23-20(25)9-11-29(26,27)17-7-5-16(22)6-8-17/h4-8,12-13H,1,9-11H2,2-3H3. The monoisotopic (exact) mass is 448 g/mol. The van der Waals surface area contributed by atoms with E-state index in [1.807, 2.05) is 18.4 Å². The second-order valence-electron chi connectivity index (χ2n) is 6.72. The summed E-state index contributed by atoms with van der Waals surface area (Å²) in [6, 6.07) is 10.0. The van der Waals surface area contributed by atoms with Crippen molar-refractivity contribution in [2.24, 2.45) is 4.99 Å². The molecule has 152 valence electrons. The summed E-state index contributed by atoms with van der Waals surface area (Å²) in [6.07, 6.45) is 1.56.